The van der Waals surface area contributed by atoms with Crippen molar-refractivity contribution in [1.82, 2.24) is 0 Å². The average molecular weight is 240 g/mol. The number of carbonyl (C=O) groups is 4. The molecule has 2 N–H and O–H groups in total. The van der Waals surface area contributed by atoms with Gasteiger partial charge in [0.05, 0.1) is 5.92 Å². The minimum atomic E-state index is -2.10. The second-order valence-corrected chi connectivity index (χ2v) is 4.67. The first-order chi connectivity index (χ1) is 7.91. The lowest BCUT2D eigenvalue weighted by molar-refractivity contribution is -0.169. The van der Waals surface area contributed by atoms with Crippen LogP contribution in [0.25, 0.3) is 0 Å². The first kappa shape index (κ1) is 11.8. The monoisotopic (exact) mass is 240 g/mol. The molecule has 0 saturated heterocycles. The van der Waals surface area contributed by atoms with E-state index in [1.54, 1.807) is 0 Å². The third-order valence-corrected chi connectivity index (χ3v) is 3.88. The molecular weight excluding hydrogens is 228 g/mol. The average Bonchev–Trinajstić information content (AvgIpc) is 2.54. The van der Waals surface area contributed by atoms with E-state index >= 15 is 0 Å². The van der Waals surface area contributed by atoms with Crippen molar-refractivity contribution in [2.75, 3.05) is 0 Å². The van der Waals surface area contributed by atoms with Crippen molar-refractivity contribution in [1.29, 1.82) is 0 Å². The molecule has 6 heteroatoms. The van der Waals surface area contributed by atoms with Gasteiger partial charge in [-0.25, -0.2) is 0 Å². The number of carbonyl (C=O) groups excluding carboxylic acids is 2. The minimum Gasteiger partial charge on any atom is -0.480 e. The number of Topliss-reactive ketones (excluding diaryl/α,β-unsaturated/α-hetero) is 2. The van der Waals surface area contributed by atoms with E-state index < -0.39 is 41.4 Å². The Morgan fingerprint density at radius 2 is 1.71 bits per heavy atom. The molecule has 0 bridgehead atoms. The van der Waals surface area contributed by atoms with Crippen molar-refractivity contribution in [3.05, 3.63) is 0 Å². The fourth-order valence-electron chi connectivity index (χ4n) is 3.05. The lowest BCUT2D eigenvalue weighted by Crippen LogP contribution is -2.45. The maximum atomic E-state index is 11.7. The maximum absolute atomic E-state index is 11.7. The second-order valence-electron chi connectivity index (χ2n) is 4.67. The number of ketones is 2. The number of rotatable bonds is 2. The molecule has 2 aliphatic rings. The number of carboxylic acids is 2. The summed E-state index contributed by atoms with van der Waals surface area (Å²) >= 11 is 0. The van der Waals surface area contributed by atoms with Crippen LogP contribution in [0.3, 0.4) is 0 Å². The summed E-state index contributed by atoms with van der Waals surface area (Å²) in [5.74, 6) is -5.77. The van der Waals surface area contributed by atoms with E-state index in [1.807, 2.05) is 0 Å². The van der Waals surface area contributed by atoms with E-state index in [2.05, 4.69) is 0 Å². The van der Waals surface area contributed by atoms with Crippen LogP contribution in [0, 0.1) is 17.3 Å². The standard InChI is InChI=1S/C11H12O6/c12-6-3-1-2-5-8(6)7(13)4-11(5,9(14)15)10(16)17/h5,8H,1-4H2,(H,14,15)(H,16,17). The van der Waals surface area contributed by atoms with Gasteiger partial charge < -0.3 is 10.2 Å². The SMILES string of the molecule is O=C1CCCC2C1C(=O)CC2(C(=O)O)C(=O)O. The summed E-state index contributed by atoms with van der Waals surface area (Å²) < 4.78 is 0. The molecule has 2 saturated carbocycles. The van der Waals surface area contributed by atoms with Crippen LogP contribution in [-0.2, 0) is 19.2 Å². The van der Waals surface area contributed by atoms with E-state index in [1.165, 1.54) is 0 Å². The highest BCUT2D eigenvalue weighted by Gasteiger charge is 2.65. The summed E-state index contributed by atoms with van der Waals surface area (Å²) in [5, 5.41) is 18.3. The van der Waals surface area contributed by atoms with Crippen molar-refractivity contribution >= 4 is 23.5 Å². The predicted molar refractivity (Wildman–Crippen MR) is 53.2 cm³/mol. The molecule has 0 spiro atoms. The molecule has 0 aromatic carbocycles. The van der Waals surface area contributed by atoms with Crippen molar-refractivity contribution < 1.29 is 29.4 Å². The molecular formula is C11H12O6. The zero-order chi connectivity index (χ0) is 12.8. The highest BCUT2D eigenvalue weighted by Crippen LogP contribution is 2.50. The molecule has 92 valence electrons. The Bertz CT molecular complexity index is 410. The van der Waals surface area contributed by atoms with Crippen LogP contribution < -0.4 is 0 Å². The molecule has 0 aromatic heterocycles. The van der Waals surface area contributed by atoms with Gasteiger partial charge in [0.15, 0.2) is 5.41 Å². The first-order valence-corrected chi connectivity index (χ1v) is 5.43. The van der Waals surface area contributed by atoms with Gasteiger partial charge in [-0.3, -0.25) is 19.2 Å². The molecule has 0 radical (unpaired) electrons. The smallest absolute Gasteiger partial charge is 0.321 e. The summed E-state index contributed by atoms with van der Waals surface area (Å²) in [6.45, 7) is 0. The Kier molecular flexibility index (Phi) is 2.52. The number of aliphatic carboxylic acids is 2. The number of carboxylic acid groups (broad SMARTS) is 2. The van der Waals surface area contributed by atoms with Gasteiger partial charge in [0.25, 0.3) is 0 Å². The Labute approximate surface area is 96.6 Å². The quantitative estimate of drug-likeness (QED) is 0.662. The van der Waals surface area contributed by atoms with Gasteiger partial charge in [0.2, 0.25) is 0 Å². The van der Waals surface area contributed by atoms with Gasteiger partial charge in [0, 0.05) is 18.8 Å². The van der Waals surface area contributed by atoms with Crippen molar-refractivity contribution in [3.63, 3.8) is 0 Å². The topological polar surface area (TPSA) is 109 Å². The molecule has 0 heterocycles. The Morgan fingerprint density at radius 1 is 1.12 bits per heavy atom. The van der Waals surface area contributed by atoms with Gasteiger partial charge in [-0.1, -0.05) is 0 Å². The minimum absolute atomic E-state index is 0.238. The van der Waals surface area contributed by atoms with E-state index in [0.717, 1.165) is 0 Å². The largest absolute Gasteiger partial charge is 0.480 e. The molecule has 2 atom stereocenters. The molecule has 0 aliphatic heterocycles. The molecule has 2 rings (SSSR count). The first-order valence-electron chi connectivity index (χ1n) is 5.43. The van der Waals surface area contributed by atoms with Crippen LogP contribution in [0.4, 0.5) is 0 Å². The van der Waals surface area contributed by atoms with Crippen LogP contribution in [0.1, 0.15) is 25.7 Å². The zero-order valence-corrected chi connectivity index (χ0v) is 9.01. The zero-order valence-electron chi connectivity index (χ0n) is 9.01. The van der Waals surface area contributed by atoms with Gasteiger partial charge in [0.1, 0.15) is 11.6 Å². The molecule has 0 aromatic rings. The summed E-state index contributed by atoms with van der Waals surface area (Å²) in [5.41, 5.74) is -2.10. The van der Waals surface area contributed by atoms with Crippen LogP contribution in [0.2, 0.25) is 0 Å². The second kappa shape index (κ2) is 3.65. The van der Waals surface area contributed by atoms with Crippen LogP contribution in [0.5, 0.6) is 0 Å². The van der Waals surface area contributed by atoms with Crippen LogP contribution >= 0.6 is 0 Å². The molecule has 2 aliphatic carbocycles. The molecule has 0 amide bonds. The van der Waals surface area contributed by atoms with E-state index in [0.29, 0.717) is 12.8 Å². The van der Waals surface area contributed by atoms with Gasteiger partial charge in [-0.15, -0.1) is 0 Å². The Morgan fingerprint density at radius 3 is 2.24 bits per heavy atom. The summed E-state index contributed by atoms with van der Waals surface area (Å²) in [4.78, 5) is 45.8. The number of hydrogen-bond donors (Lipinski definition) is 2. The van der Waals surface area contributed by atoms with Crippen molar-refractivity contribution in [2.45, 2.75) is 25.7 Å². The molecule has 2 unspecified atom stereocenters. The Balaban J connectivity index is 2.50. The lowest BCUT2D eigenvalue weighted by Gasteiger charge is -2.31. The fourth-order valence-corrected chi connectivity index (χ4v) is 3.05. The van der Waals surface area contributed by atoms with E-state index in [-0.39, 0.29) is 12.2 Å². The Hall–Kier alpha value is -1.72. The van der Waals surface area contributed by atoms with E-state index in [9.17, 15) is 19.2 Å². The third kappa shape index (κ3) is 1.40. The molecule has 2 fully saturated rings. The molecule has 17 heavy (non-hydrogen) atoms. The lowest BCUT2D eigenvalue weighted by atomic mass is 9.69. The van der Waals surface area contributed by atoms with Gasteiger partial charge >= 0.3 is 11.9 Å². The summed E-state index contributed by atoms with van der Waals surface area (Å²) in [6, 6.07) is 0. The maximum Gasteiger partial charge on any atom is 0.321 e. The third-order valence-electron chi connectivity index (χ3n) is 3.88. The highest BCUT2D eigenvalue weighted by atomic mass is 16.4. The van der Waals surface area contributed by atoms with Crippen molar-refractivity contribution in [2.24, 2.45) is 17.3 Å². The number of hydrogen-bond acceptors (Lipinski definition) is 4. The summed E-state index contributed by atoms with van der Waals surface area (Å²) in [7, 11) is 0. The normalized spacial score (nSPS) is 31.1. The predicted octanol–water partition coefficient (Wildman–Crippen LogP) is 0.100. The van der Waals surface area contributed by atoms with Crippen molar-refractivity contribution in [3.8, 4) is 0 Å². The highest BCUT2D eigenvalue weighted by molar-refractivity contribution is 6.13. The number of fused-ring (bicyclic) bond motifs is 1. The van der Waals surface area contributed by atoms with E-state index in [4.69, 9.17) is 10.2 Å². The summed E-state index contributed by atoms with van der Waals surface area (Å²) in [6.07, 6.45) is 0.428. The fraction of sp³-hybridized carbons (Fsp3) is 0.636. The van der Waals surface area contributed by atoms with Gasteiger partial charge in [-0.2, -0.15) is 0 Å². The van der Waals surface area contributed by atoms with Crippen LogP contribution in [0.15, 0.2) is 0 Å². The van der Waals surface area contributed by atoms with Crippen LogP contribution in [-0.4, -0.2) is 33.7 Å². The van der Waals surface area contributed by atoms with Gasteiger partial charge in [-0.05, 0) is 12.8 Å². The molecule has 6 nitrogen and oxygen atoms in total.